The Morgan fingerprint density at radius 3 is 2.42 bits per heavy atom. The van der Waals surface area contributed by atoms with E-state index < -0.39 is 21.9 Å². The van der Waals surface area contributed by atoms with Crippen LogP contribution < -0.4 is 0 Å². The monoisotopic (exact) mass is 382 g/mol. The number of nitrogens with zero attached hydrogens (tertiary/aromatic N) is 2. The maximum Gasteiger partial charge on any atom is 0.306 e. The van der Waals surface area contributed by atoms with Crippen LogP contribution in [0.3, 0.4) is 0 Å². The third-order valence-corrected chi connectivity index (χ3v) is 6.79. The number of carbonyl (C=O) groups excluding carboxylic acids is 1. The Hall–Kier alpha value is -1.93. The van der Waals surface area contributed by atoms with Crippen LogP contribution in [0.4, 0.5) is 0 Å². The van der Waals surface area contributed by atoms with Gasteiger partial charge in [-0.25, -0.2) is 12.7 Å². The van der Waals surface area contributed by atoms with Crippen molar-refractivity contribution < 1.29 is 23.1 Å². The number of carboxylic acids is 1. The summed E-state index contributed by atoms with van der Waals surface area (Å²) in [4.78, 5) is 25.5. The summed E-state index contributed by atoms with van der Waals surface area (Å²) in [7, 11) is -2.12. The number of likely N-dealkylation sites (tertiary alicyclic amines) is 1. The Kier molecular flexibility index (Phi) is 6.41. The van der Waals surface area contributed by atoms with Crippen LogP contribution in [-0.4, -0.2) is 61.3 Å². The number of carboxylic acid groups (broad SMARTS) is 1. The van der Waals surface area contributed by atoms with Gasteiger partial charge in [-0.1, -0.05) is 13.0 Å². The molecule has 1 N–H and O–H groups in total. The quantitative estimate of drug-likeness (QED) is 0.811. The molecule has 8 heteroatoms. The molecule has 1 heterocycles. The van der Waals surface area contributed by atoms with Gasteiger partial charge < -0.3 is 10.0 Å². The van der Waals surface area contributed by atoms with Crippen LogP contribution in [0.25, 0.3) is 0 Å². The smallest absolute Gasteiger partial charge is 0.306 e. The second-order valence-electron chi connectivity index (χ2n) is 6.71. The first-order chi connectivity index (χ1) is 12.2. The number of carbonyl (C=O) groups is 2. The molecule has 0 aliphatic carbocycles. The van der Waals surface area contributed by atoms with Crippen molar-refractivity contribution >= 4 is 21.9 Å². The zero-order chi connectivity index (χ0) is 19.5. The van der Waals surface area contributed by atoms with Crippen molar-refractivity contribution in [1.29, 1.82) is 0 Å². The van der Waals surface area contributed by atoms with Gasteiger partial charge in [-0.3, -0.25) is 9.59 Å². The van der Waals surface area contributed by atoms with Gasteiger partial charge in [0.25, 0.3) is 5.91 Å². The van der Waals surface area contributed by atoms with Crippen molar-refractivity contribution in [3.63, 3.8) is 0 Å². The normalized spacial score (nSPS) is 16.1. The molecular weight excluding hydrogens is 356 g/mol. The number of amides is 1. The van der Waals surface area contributed by atoms with E-state index in [4.69, 9.17) is 5.11 Å². The van der Waals surface area contributed by atoms with Gasteiger partial charge in [-0.05, 0) is 43.9 Å². The molecule has 1 aromatic carbocycles. The number of sulfonamides is 1. The summed E-state index contributed by atoms with van der Waals surface area (Å²) >= 11 is 0. The van der Waals surface area contributed by atoms with E-state index in [1.54, 1.807) is 24.0 Å². The number of benzene rings is 1. The van der Waals surface area contributed by atoms with E-state index in [9.17, 15) is 18.0 Å². The second-order valence-corrected chi connectivity index (χ2v) is 8.72. The molecular formula is C18H26N2O5S. The van der Waals surface area contributed by atoms with Crippen molar-refractivity contribution in [3.8, 4) is 0 Å². The molecule has 1 aromatic rings. The molecule has 0 atom stereocenters. The summed E-state index contributed by atoms with van der Waals surface area (Å²) in [6.07, 6.45) is 1.53. The zero-order valence-electron chi connectivity index (χ0n) is 15.4. The van der Waals surface area contributed by atoms with Crippen LogP contribution in [0.1, 0.15) is 42.1 Å². The fourth-order valence-electron chi connectivity index (χ4n) is 3.13. The van der Waals surface area contributed by atoms with E-state index in [-0.39, 0.29) is 10.8 Å². The number of aliphatic carboxylic acids is 1. The fourth-order valence-corrected chi connectivity index (χ4v) is 4.64. The summed E-state index contributed by atoms with van der Waals surface area (Å²) in [5, 5.41) is 9.06. The molecule has 1 aliphatic heterocycles. The average molecular weight is 382 g/mol. The fraction of sp³-hybridized carbons (Fsp3) is 0.556. The van der Waals surface area contributed by atoms with Crippen molar-refractivity contribution in [1.82, 2.24) is 9.21 Å². The Bertz CT molecular complexity index is 783. The highest BCUT2D eigenvalue weighted by molar-refractivity contribution is 7.89. The van der Waals surface area contributed by atoms with Gasteiger partial charge in [0, 0.05) is 32.2 Å². The highest BCUT2D eigenvalue weighted by atomic mass is 32.2. The molecule has 0 aromatic heterocycles. The van der Waals surface area contributed by atoms with E-state index in [0.29, 0.717) is 50.0 Å². The SMILES string of the molecule is CCCN(C)S(=O)(=O)c1cc(C(=O)N2CCC(C(=O)O)CC2)ccc1C. The summed E-state index contributed by atoms with van der Waals surface area (Å²) in [5.74, 6) is -1.51. The maximum absolute atomic E-state index is 12.7. The molecule has 0 bridgehead atoms. The van der Waals surface area contributed by atoms with Crippen molar-refractivity contribution in [2.45, 2.75) is 38.0 Å². The molecule has 0 saturated carbocycles. The van der Waals surface area contributed by atoms with E-state index in [1.807, 2.05) is 6.92 Å². The molecule has 7 nitrogen and oxygen atoms in total. The largest absolute Gasteiger partial charge is 0.481 e. The minimum absolute atomic E-state index is 0.139. The Morgan fingerprint density at radius 1 is 1.27 bits per heavy atom. The minimum Gasteiger partial charge on any atom is -0.481 e. The van der Waals surface area contributed by atoms with Gasteiger partial charge in [-0.15, -0.1) is 0 Å². The third-order valence-electron chi connectivity index (χ3n) is 4.79. The van der Waals surface area contributed by atoms with Crippen LogP contribution in [-0.2, 0) is 14.8 Å². The molecule has 0 radical (unpaired) electrons. The van der Waals surface area contributed by atoms with Crippen molar-refractivity contribution in [2.75, 3.05) is 26.7 Å². The predicted octanol–water partition coefficient (Wildman–Crippen LogP) is 1.96. The first kappa shape index (κ1) is 20.4. The lowest BCUT2D eigenvalue weighted by molar-refractivity contribution is -0.143. The lowest BCUT2D eigenvalue weighted by Gasteiger charge is -2.30. The highest BCUT2D eigenvalue weighted by Crippen LogP contribution is 2.24. The van der Waals surface area contributed by atoms with E-state index in [2.05, 4.69) is 0 Å². The maximum atomic E-state index is 12.7. The molecule has 0 spiro atoms. The first-order valence-corrected chi connectivity index (χ1v) is 10.2. The molecule has 1 saturated heterocycles. The number of aryl methyl sites for hydroxylation is 1. The van der Waals surface area contributed by atoms with E-state index >= 15 is 0 Å². The zero-order valence-corrected chi connectivity index (χ0v) is 16.3. The van der Waals surface area contributed by atoms with Crippen molar-refractivity contribution in [3.05, 3.63) is 29.3 Å². The van der Waals surface area contributed by atoms with Crippen LogP contribution in [0.5, 0.6) is 0 Å². The van der Waals surface area contributed by atoms with Gasteiger partial charge in [0.2, 0.25) is 10.0 Å². The number of hydrogen-bond donors (Lipinski definition) is 1. The first-order valence-electron chi connectivity index (χ1n) is 8.77. The number of rotatable bonds is 6. The molecule has 1 fully saturated rings. The van der Waals surface area contributed by atoms with Gasteiger partial charge in [0.1, 0.15) is 0 Å². The summed E-state index contributed by atoms with van der Waals surface area (Å²) in [5.41, 5.74) is 0.905. The Labute approximate surface area is 154 Å². The Balaban J connectivity index is 2.24. The second kappa shape index (κ2) is 8.18. The van der Waals surface area contributed by atoms with Gasteiger partial charge >= 0.3 is 5.97 Å². The molecule has 0 unspecified atom stereocenters. The molecule has 26 heavy (non-hydrogen) atoms. The Morgan fingerprint density at radius 2 is 1.88 bits per heavy atom. The van der Waals surface area contributed by atoms with Crippen LogP contribution in [0, 0.1) is 12.8 Å². The topological polar surface area (TPSA) is 95.0 Å². The van der Waals surface area contributed by atoms with Crippen LogP contribution in [0.15, 0.2) is 23.1 Å². The molecule has 2 rings (SSSR count). The molecule has 144 valence electrons. The minimum atomic E-state index is -3.65. The standard InChI is InChI=1S/C18H26N2O5S/c1-4-9-19(3)26(24,25)16-12-15(6-5-13(16)2)17(21)20-10-7-14(8-11-20)18(22)23/h5-6,12,14H,4,7-11H2,1-3H3,(H,22,23). The van der Waals surface area contributed by atoms with E-state index in [1.165, 1.54) is 17.4 Å². The predicted molar refractivity (Wildman–Crippen MR) is 97.5 cm³/mol. The molecule has 1 amide bonds. The van der Waals surface area contributed by atoms with Gasteiger partial charge in [0.15, 0.2) is 0 Å². The van der Waals surface area contributed by atoms with E-state index in [0.717, 1.165) is 0 Å². The van der Waals surface area contributed by atoms with Gasteiger partial charge in [-0.2, -0.15) is 0 Å². The summed E-state index contributed by atoms with van der Waals surface area (Å²) in [6.45, 7) is 4.74. The summed E-state index contributed by atoms with van der Waals surface area (Å²) < 4.78 is 26.8. The number of piperidine rings is 1. The average Bonchev–Trinajstić information content (AvgIpc) is 2.61. The lowest BCUT2D eigenvalue weighted by atomic mass is 9.96. The lowest BCUT2D eigenvalue weighted by Crippen LogP contribution is -2.40. The van der Waals surface area contributed by atoms with Gasteiger partial charge in [0.05, 0.1) is 10.8 Å². The van der Waals surface area contributed by atoms with Crippen LogP contribution >= 0.6 is 0 Å². The van der Waals surface area contributed by atoms with Crippen LogP contribution in [0.2, 0.25) is 0 Å². The third kappa shape index (κ3) is 4.24. The highest BCUT2D eigenvalue weighted by Gasteiger charge is 2.29. The summed E-state index contributed by atoms with van der Waals surface area (Å²) in [6, 6.07) is 4.70. The van der Waals surface area contributed by atoms with Crippen molar-refractivity contribution in [2.24, 2.45) is 5.92 Å². The number of hydrogen-bond acceptors (Lipinski definition) is 4. The molecule has 1 aliphatic rings.